The van der Waals surface area contributed by atoms with E-state index in [2.05, 4.69) is 28.5 Å². The van der Waals surface area contributed by atoms with Crippen LogP contribution in [0.4, 0.5) is 4.79 Å². The van der Waals surface area contributed by atoms with Crippen molar-refractivity contribution in [1.29, 1.82) is 5.26 Å². The highest BCUT2D eigenvalue weighted by Gasteiger charge is 2.24. The Morgan fingerprint density at radius 3 is 2.73 bits per heavy atom. The zero-order valence-electron chi connectivity index (χ0n) is 22.0. The zero-order chi connectivity index (χ0) is 26.3. The van der Waals surface area contributed by atoms with Gasteiger partial charge in [0.1, 0.15) is 30.2 Å². The number of nitriles is 1. The number of carbonyl (C=O) groups is 1. The molecule has 8 heteroatoms. The smallest absolute Gasteiger partial charge is 0.410 e. The molecule has 0 bridgehead atoms. The lowest BCUT2D eigenvalue weighted by Gasteiger charge is -2.30. The van der Waals surface area contributed by atoms with Gasteiger partial charge in [0.2, 0.25) is 0 Å². The van der Waals surface area contributed by atoms with Gasteiger partial charge in [0.15, 0.2) is 0 Å². The van der Waals surface area contributed by atoms with Crippen LogP contribution in [0.3, 0.4) is 0 Å². The summed E-state index contributed by atoms with van der Waals surface area (Å²) >= 11 is 0. The van der Waals surface area contributed by atoms with Gasteiger partial charge in [-0.1, -0.05) is 18.2 Å². The van der Waals surface area contributed by atoms with Crippen LogP contribution in [0.25, 0.3) is 5.57 Å². The minimum atomic E-state index is -0.510. The van der Waals surface area contributed by atoms with E-state index in [-0.39, 0.29) is 12.2 Å². The van der Waals surface area contributed by atoms with E-state index >= 15 is 0 Å². The first kappa shape index (κ1) is 26.5. The van der Waals surface area contributed by atoms with Crippen molar-refractivity contribution in [3.8, 4) is 11.8 Å². The zero-order valence-corrected chi connectivity index (χ0v) is 22.0. The van der Waals surface area contributed by atoms with Gasteiger partial charge in [-0.15, -0.1) is 0 Å². The molecule has 1 saturated heterocycles. The van der Waals surface area contributed by atoms with Crippen molar-refractivity contribution in [3.63, 3.8) is 0 Å². The third-order valence-electron chi connectivity index (χ3n) is 6.41. The number of nitrogens with one attached hydrogen (secondary N) is 1. The number of hydrogen-bond donors (Lipinski definition) is 1. The van der Waals surface area contributed by atoms with Crippen LogP contribution in [-0.4, -0.2) is 61.9 Å². The summed E-state index contributed by atoms with van der Waals surface area (Å²) in [5.74, 6) is 0.621. The third kappa shape index (κ3) is 7.46. The lowest BCUT2D eigenvalue weighted by atomic mass is 9.97. The van der Waals surface area contributed by atoms with E-state index in [1.165, 1.54) is 0 Å². The molecular formula is C29H36N4O4. The molecule has 1 aromatic carbocycles. The quantitative estimate of drug-likeness (QED) is 0.622. The number of carbonyl (C=O) groups excluding carboxylic acids is 1. The Labute approximate surface area is 219 Å². The standard InChI is InChI=1S/C29H36N4O4/c1-29(2,3)37-28(34)33-14-9-22(10-15-33)26-6-4-21(8-13-31-20-32-26)23-5-7-27(24(18-23)19-30)36-25-11-16-35-17-12-25/h5-9,13,18,25,32H,4,10-12,14-17,20H2,1-3H3/b21-8+,26-6-,31-13?. The molecule has 1 N–H and O–H groups in total. The minimum absolute atomic E-state index is 0.0783. The molecule has 3 aliphatic rings. The van der Waals surface area contributed by atoms with Gasteiger partial charge in [0, 0.05) is 37.8 Å². The Balaban J connectivity index is 1.47. The second kappa shape index (κ2) is 12.1. The average Bonchev–Trinajstić information content (AvgIpc) is 3.01. The first-order chi connectivity index (χ1) is 17.8. The van der Waals surface area contributed by atoms with Crippen LogP contribution in [0.1, 0.15) is 57.6 Å². The highest BCUT2D eigenvalue weighted by atomic mass is 16.6. The number of ether oxygens (including phenoxy) is 3. The van der Waals surface area contributed by atoms with Crippen molar-refractivity contribution in [2.24, 2.45) is 4.99 Å². The second-order valence-corrected chi connectivity index (χ2v) is 10.3. The molecule has 1 amide bonds. The predicted molar refractivity (Wildman–Crippen MR) is 143 cm³/mol. The lowest BCUT2D eigenvalue weighted by molar-refractivity contribution is 0.0253. The number of hydrogen-bond acceptors (Lipinski definition) is 7. The molecule has 196 valence electrons. The van der Waals surface area contributed by atoms with Crippen molar-refractivity contribution in [2.45, 2.75) is 58.2 Å². The average molecular weight is 505 g/mol. The van der Waals surface area contributed by atoms with Crippen LogP contribution in [-0.2, 0) is 9.47 Å². The molecule has 8 nitrogen and oxygen atoms in total. The number of nitrogens with zero attached hydrogens (tertiary/aromatic N) is 3. The molecule has 4 rings (SSSR count). The van der Waals surface area contributed by atoms with E-state index in [1.807, 2.05) is 45.0 Å². The molecule has 0 unspecified atom stereocenters. The molecule has 1 fully saturated rings. The van der Waals surface area contributed by atoms with Gasteiger partial charge in [0.05, 0.1) is 18.8 Å². The largest absolute Gasteiger partial charge is 0.489 e. The predicted octanol–water partition coefficient (Wildman–Crippen LogP) is 4.97. The van der Waals surface area contributed by atoms with Crippen LogP contribution in [0.2, 0.25) is 0 Å². The molecular weight excluding hydrogens is 468 g/mol. The SMILES string of the molecule is CC(C)(C)OC(=O)N1CC=C(/C2=C/C/C(c3ccc(OC4CCOCC4)c(C#N)c3)=C\C=NCN2)CC1. The Hall–Kier alpha value is -3.57. The summed E-state index contributed by atoms with van der Waals surface area (Å²) in [4.78, 5) is 18.6. The summed E-state index contributed by atoms with van der Waals surface area (Å²) in [5, 5.41) is 13.2. The van der Waals surface area contributed by atoms with Crippen molar-refractivity contribution in [3.05, 3.63) is 58.8 Å². The monoisotopic (exact) mass is 504 g/mol. The van der Waals surface area contributed by atoms with Gasteiger partial charge in [0.25, 0.3) is 0 Å². The Bertz CT molecular complexity index is 1150. The summed E-state index contributed by atoms with van der Waals surface area (Å²) < 4.78 is 17.0. The molecule has 0 spiro atoms. The van der Waals surface area contributed by atoms with Gasteiger partial charge >= 0.3 is 6.09 Å². The van der Waals surface area contributed by atoms with Crippen molar-refractivity contribution in [1.82, 2.24) is 10.2 Å². The van der Waals surface area contributed by atoms with Crippen LogP contribution in [0.5, 0.6) is 5.75 Å². The molecule has 0 saturated carbocycles. The maximum atomic E-state index is 12.4. The fourth-order valence-corrected chi connectivity index (χ4v) is 4.44. The summed E-state index contributed by atoms with van der Waals surface area (Å²) in [5.41, 5.74) is 4.23. The number of rotatable bonds is 4. The molecule has 1 aromatic rings. The van der Waals surface area contributed by atoms with Gasteiger partial charge in [-0.05, 0) is 68.5 Å². The van der Waals surface area contributed by atoms with Crippen LogP contribution >= 0.6 is 0 Å². The van der Waals surface area contributed by atoms with Gasteiger partial charge in [-0.25, -0.2) is 4.79 Å². The fourth-order valence-electron chi connectivity index (χ4n) is 4.44. The Kier molecular flexibility index (Phi) is 8.67. The van der Waals surface area contributed by atoms with E-state index < -0.39 is 5.60 Å². The highest BCUT2D eigenvalue weighted by molar-refractivity contribution is 5.85. The number of allylic oxidation sites excluding steroid dienone is 4. The molecule has 0 aliphatic carbocycles. The first-order valence-electron chi connectivity index (χ1n) is 12.9. The molecule has 0 atom stereocenters. The molecule has 0 radical (unpaired) electrons. The fraction of sp³-hybridized carbons (Fsp3) is 0.483. The van der Waals surface area contributed by atoms with Crippen molar-refractivity contribution < 1.29 is 19.0 Å². The Morgan fingerprint density at radius 2 is 2.03 bits per heavy atom. The van der Waals surface area contributed by atoms with Crippen LogP contribution < -0.4 is 10.1 Å². The van der Waals surface area contributed by atoms with Crippen LogP contribution in [0, 0.1) is 11.3 Å². The first-order valence-corrected chi connectivity index (χ1v) is 12.9. The van der Waals surface area contributed by atoms with Crippen molar-refractivity contribution in [2.75, 3.05) is 33.0 Å². The summed E-state index contributed by atoms with van der Waals surface area (Å²) in [6.07, 6.45) is 10.9. The molecule has 3 aliphatic heterocycles. The van der Waals surface area contributed by atoms with Gasteiger partial charge < -0.3 is 24.4 Å². The summed E-state index contributed by atoms with van der Waals surface area (Å²) in [6, 6.07) is 8.09. The minimum Gasteiger partial charge on any atom is -0.489 e. The lowest BCUT2D eigenvalue weighted by Crippen LogP contribution is -2.39. The maximum absolute atomic E-state index is 12.4. The third-order valence-corrected chi connectivity index (χ3v) is 6.41. The van der Waals surface area contributed by atoms with Gasteiger partial charge in [-0.3, -0.25) is 4.99 Å². The van der Waals surface area contributed by atoms with E-state index in [1.54, 1.807) is 11.1 Å². The van der Waals surface area contributed by atoms with E-state index in [0.29, 0.717) is 50.7 Å². The van der Waals surface area contributed by atoms with Crippen molar-refractivity contribution >= 4 is 17.9 Å². The molecule has 0 aromatic heterocycles. The number of benzene rings is 1. The normalized spacial score (nSPS) is 22.0. The molecule has 37 heavy (non-hydrogen) atoms. The van der Waals surface area contributed by atoms with E-state index in [0.717, 1.165) is 41.7 Å². The second-order valence-electron chi connectivity index (χ2n) is 10.3. The van der Waals surface area contributed by atoms with Crippen LogP contribution in [0.15, 0.2) is 52.7 Å². The maximum Gasteiger partial charge on any atom is 0.410 e. The summed E-state index contributed by atoms with van der Waals surface area (Å²) in [7, 11) is 0. The summed E-state index contributed by atoms with van der Waals surface area (Å²) in [6.45, 7) is 8.58. The van der Waals surface area contributed by atoms with E-state index in [9.17, 15) is 10.1 Å². The van der Waals surface area contributed by atoms with Gasteiger partial charge in [-0.2, -0.15) is 5.26 Å². The number of amides is 1. The topological polar surface area (TPSA) is 96.2 Å². The number of aliphatic imine (C=N–C) groups is 1. The van der Waals surface area contributed by atoms with E-state index in [4.69, 9.17) is 14.2 Å². The molecule has 3 heterocycles. The Morgan fingerprint density at radius 1 is 1.22 bits per heavy atom. The highest BCUT2D eigenvalue weighted by Crippen LogP contribution is 2.29.